The third kappa shape index (κ3) is 5.25. The Morgan fingerprint density at radius 2 is 1.81 bits per heavy atom. The van der Waals surface area contributed by atoms with E-state index in [1.165, 1.54) is 13.2 Å². The van der Waals surface area contributed by atoms with E-state index in [9.17, 15) is 10.1 Å². The van der Waals surface area contributed by atoms with Gasteiger partial charge in [-0.1, -0.05) is 12.1 Å². The number of para-hydroxylation sites is 1. The quantitative estimate of drug-likeness (QED) is 0.563. The molecule has 1 N–H and O–H groups in total. The lowest BCUT2D eigenvalue weighted by molar-refractivity contribution is -0.112. The lowest BCUT2D eigenvalue weighted by Gasteiger charge is -2.12. The molecule has 140 valence electrons. The molecule has 0 aromatic heterocycles. The van der Waals surface area contributed by atoms with Crippen LogP contribution in [-0.2, 0) is 4.79 Å². The van der Waals surface area contributed by atoms with Gasteiger partial charge >= 0.3 is 0 Å². The summed E-state index contributed by atoms with van der Waals surface area (Å²) in [5.74, 6) is 1.23. The first-order valence-corrected chi connectivity index (χ1v) is 8.58. The van der Waals surface area contributed by atoms with Crippen LogP contribution in [0.1, 0.15) is 19.4 Å². The highest BCUT2D eigenvalue weighted by molar-refractivity contribution is 6.09. The van der Waals surface area contributed by atoms with Crippen molar-refractivity contribution in [3.05, 3.63) is 53.6 Å². The maximum atomic E-state index is 12.5. The molecule has 0 unspecified atom stereocenters. The van der Waals surface area contributed by atoms with Gasteiger partial charge in [-0.2, -0.15) is 5.26 Å². The summed E-state index contributed by atoms with van der Waals surface area (Å²) in [5, 5.41) is 12.1. The van der Waals surface area contributed by atoms with Crippen molar-refractivity contribution >= 4 is 17.7 Å². The van der Waals surface area contributed by atoms with Crippen LogP contribution in [0, 0.1) is 11.3 Å². The van der Waals surface area contributed by atoms with Gasteiger partial charge < -0.3 is 19.5 Å². The van der Waals surface area contributed by atoms with E-state index in [1.54, 1.807) is 42.5 Å². The van der Waals surface area contributed by atoms with Gasteiger partial charge in [0.1, 0.15) is 17.4 Å². The average molecular weight is 366 g/mol. The summed E-state index contributed by atoms with van der Waals surface area (Å²) in [6.07, 6.45) is 1.48. The van der Waals surface area contributed by atoms with E-state index in [0.717, 1.165) is 0 Å². The number of nitrogens with one attached hydrogen (secondary N) is 1. The highest BCUT2D eigenvalue weighted by Crippen LogP contribution is 2.32. The number of anilines is 1. The Hall–Kier alpha value is -3.46. The molecule has 0 spiro atoms. The van der Waals surface area contributed by atoms with Gasteiger partial charge in [0.05, 0.1) is 20.3 Å². The van der Waals surface area contributed by atoms with Crippen molar-refractivity contribution in [1.82, 2.24) is 0 Å². The van der Waals surface area contributed by atoms with Crippen LogP contribution >= 0.6 is 0 Å². The molecule has 6 heteroatoms. The fourth-order valence-corrected chi connectivity index (χ4v) is 2.44. The normalized spacial score (nSPS) is 10.7. The SMILES string of the molecule is CCOc1ccc(NC(=O)/C(C#N)=C/c2cccc(OCC)c2OC)cc1. The van der Waals surface area contributed by atoms with Crippen LogP contribution in [0.3, 0.4) is 0 Å². The molecule has 0 aliphatic rings. The van der Waals surface area contributed by atoms with Gasteiger partial charge in [-0.15, -0.1) is 0 Å². The zero-order chi connectivity index (χ0) is 19.6. The molecule has 2 aromatic carbocycles. The van der Waals surface area contributed by atoms with Crippen LogP contribution in [-0.4, -0.2) is 26.2 Å². The average Bonchev–Trinajstić information content (AvgIpc) is 2.68. The van der Waals surface area contributed by atoms with Crippen LogP contribution in [0.5, 0.6) is 17.2 Å². The fraction of sp³-hybridized carbons (Fsp3) is 0.238. The molecule has 0 saturated carbocycles. The summed E-state index contributed by atoms with van der Waals surface area (Å²) in [5.41, 5.74) is 1.11. The molecule has 0 atom stereocenters. The molecule has 0 aliphatic heterocycles. The van der Waals surface area contributed by atoms with Crippen LogP contribution < -0.4 is 19.5 Å². The Kier molecular flexibility index (Phi) is 7.26. The largest absolute Gasteiger partial charge is 0.494 e. The molecular weight excluding hydrogens is 344 g/mol. The maximum Gasteiger partial charge on any atom is 0.266 e. The Morgan fingerprint density at radius 1 is 1.11 bits per heavy atom. The van der Waals surface area contributed by atoms with Crippen molar-refractivity contribution in [2.75, 3.05) is 25.6 Å². The van der Waals surface area contributed by atoms with E-state index in [-0.39, 0.29) is 5.57 Å². The van der Waals surface area contributed by atoms with E-state index in [0.29, 0.717) is 41.7 Å². The summed E-state index contributed by atoms with van der Waals surface area (Å²) < 4.78 is 16.3. The summed E-state index contributed by atoms with van der Waals surface area (Å²) in [7, 11) is 1.52. The second-order valence-corrected chi connectivity index (χ2v) is 5.39. The standard InChI is InChI=1S/C21H22N2O4/c1-4-26-18-11-9-17(10-12-18)23-21(24)16(14-22)13-15-7-6-8-19(27-5-2)20(15)25-3/h6-13H,4-5H2,1-3H3,(H,23,24)/b16-13+. The van der Waals surface area contributed by atoms with Crippen molar-refractivity contribution in [3.63, 3.8) is 0 Å². The van der Waals surface area contributed by atoms with Crippen LogP contribution in [0.25, 0.3) is 6.08 Å². The second-order valence-electron chi connectivity index (χ2n) is 5.39. The third-order valence-corrected chi connectivity index (χ3v) is 3.60. The maximum absolute atomic E-state index is 12.5. The molecule has 6 nitrogen and oxygen atoms in total. The summed E-state index contributed by atoms with van der Waals surface area (Å²) in [6.45, 7) is 4.81. The number of nitriles is 1. The molecular formula is C21H22N2O4. The number of amides is 1. The minimum Gasteiger partial charge on any atom is -0.494 e. The van der Waals surface area contributed by atoms with Crippen molar-refractivity contribution < 1.29 is 19.0 Å². The number of benzene rings is 2. The van der Waals surface area contributed by atoms with Gasteiger partial charge in [0, 0.05) is 11.3 Å². The first-order chi connectivity index (χ1) is 13.1. The highest BCUT2D eigenvalue weighted by atomic mass is 16.5. The minimum atomic E-state index is -0.509. The molecule has 2 rings (SSSR count). The monoisotopic (exact) mass is 366 g/mol. The van der Waals surface area contributed by atoms with E-state index >= 15 is 0 Å². The molecule has 0 radical (unpaired) electrons. The number of methoxy groups -OCH3 is 1. The second kappa shape index (κ2) is 9.88. The number of ether oxygens (including phenoxy) is 3. The van der Waals surface area contributed by atoms with Crippen LogP contribution in [0.15, 0.2) is 48.0 Å². The van der Waals surface area contributed by atoms with Gasteiger partial charge in [0.15, 0.2) is 11.5 Å². The third-order valence-electron chi connectivity index (χ3n) is 3.60. The van der Waals surface area contributed by atoms with E-state index in [1.807, 2.05) is 19.9 Å². The van der Waals surface area contributed by atoms with E-state index < -0.39 is 5.91 Å². The van der Waals surface area contributed by atoms with Crippen LogP contribution in [0.2, 0.25) is 0 Å². The summed E-state index contributed by atoms with van der Waals surface area (Å²) in [4.78, 5) is 12.5. The van der Waals surface area contributed by atoms with E-state index in [2.05, 4.69) is 5.32 Å². The summed E-state index contributed by atoms with van der Waals surface area (Å²) >= 11 is 0. The van der Waals surface area contributed by atoms with Gasteiger partial charge in [-0.25, -0.2) is 0 Å². The zero-order valence-corrected chi connectivity index (χ0v) is 15.6. The van der Waals surface area contributed by atoms with Gasteiger partial charge in [0.25, 0.3) is 5.91 Å². The van der Waals surface area contributed by atoms with Crippen molar-refractivity contribution in [3.8, 4) is 23.3 Å². The summed E-state index contributed by atoms with van der Waals surface area (Å²) in [6, 6.07) is 14.2. The molecule has 0 bridgehead atoms. The lowest BCUT2D eigenvalue weighted by Crippen LogP contribution is -2.13. The molecule has 27 heavy (non-hydrogen) atoms. The molecule has 2 aromatic rings. The fourth-order valence-electron chi connectivity index (χ4n) is 2.44. The minimum absolute atomic E-state index is 0.0455. The van der Waals surface area contributed by atoms with E-state index in [4.69, 9.17) is 14.2 Å². The number of hydrogen-bond acceptors (Lipinski definition) is 5. The number of carbonyl (C=O) groups excluding carboxylic acids is 1. The first-order valence-electron chi connectivity index (χ1n) is 8.58. The first kappa shape index (κ1) is 19.9. The van der Waals surface area contributed by atoms with Crippen LogP contribution in [0.4, 0.5) is 5.69 Å². The molecule has 0 saturated heterocycles. The van der Waals surface area contributed by atoms with Gasteiger partial charge in [-0.3, -0.25) is 4.79 Å². The van der Waals surface area contributed by atoms with Crippen molar-refractivity contribution in [2.24, 2.45) is 0 Å². The van der Waals surface area contributed by atoms with Gasteiger partial charge in [0.2, 0.25) is 0 Å². The zero-order valence-electron chi connectivity index (χ0n) is 15.6. The molecule has 0 aliphatic carbocycles. The Labute approximate surface area is 159 Å². The predicted molar refractivity (Wildman–Crippen MR) is 104 cm³/mol. The number of hydrogen-bond donors (Lipinski definition) is 1. The number of nitrogens with zero attached hydrogens (tertiary/aromatic N) is 1. The van der Waals surface area contributed by atoms with Crippen molar-refractivity contribution in [1.29, 1.82) is 5.26 Å². The molecule has 0 heterocycles. The number of rotatable bonds is 8. The Balaban J connectivity index is 2.24. The molecule has 0 fully saturated rings. The Morgan fingerprint density at radius 3 is 2.41 bits per heavy atom. The number of carbonyl (C=O) groups is 1. The Bertz CT molecular complexity index is 851. The smallest absolute Gasteiger partial charge is 0.266 e. The highest BCUT2D eigenvalue weighted by Gasteiger charge is 2.14. The lowest BCUT2D eigenvalue weighted by atomic mass is 10.1. The van der Waals surface area contributed by atoms with Gasteiger partial charge in [-0.05, 0) is 50.3 Å². The predicted octanol–water partition coefficient (Wildman–Crippen LogP) is 4.04. The topological polar surface area (TPSA) is 80.6 Å². The van der Waals surface area contributed by atoms with Crippen molar-refractivity contribution in [2.45, 2.75) is 13.8 Å². The molecule has 1 amide bonds.